The number of hydrogen-bond donors (Lipinski definition) is 1. The normalized spacial score (nSPS) is 28.8. The maximum Gasteiger partial charge on any atom is 0.163 e. The molecule has 1 saturated heterocycles. The lowest BCUT2D eigenvalue weighted by atomic mass is 10.1. The van der Waals surface area contributed by atoms with Crippen molar-refractivity contribution in [3.63, 3.8) is 0 Å². The van der Waals surface area contributed by atoms with Gasteiger partial charge in [0, 0.05) is 0 Å². The molecule has 1 rings (SSSR count). The van der Waals surface area contributed by atoms with Crippen molar-refractivity contribution in [1.82, 2.24) is 0 Å². The molecule has 3 nitrogen and oxygen atoms in total. The van der Waals surface area contributed by atoms with Gasteiger partial charge in [0.25, 0.3) is 0 Å². The van der Waals surface area contributed by atoms with Gasteiger partial charge in [-0.05, 0) is 27.2 Å². The summed E-state index contributed by atoms with van der Waals surface area (Å²) in [6.07, 6.45) is -0.143. The van der Waals surface area contributed by atoms with E-state index in [4.69, 9.17) is 9.47 Å². The van der Waals surface area contributed by atoms with Crippen LogP contribution in [0.5, 0.6) is 0 Å². The molecule has 0 aromatic carbocycles. The highest BCUT2D eigenvalue weighted by Gasteiger charge is 2.36. The predicted molar refractivity (Wildman–Crippen MR) is 50.3 cm³/mol. The Labute approximate surface area is 79.3 Å². The zero-order chi connectivity index (χ0) is 10.1. The molecular weight excluding hydrogens is 168 g/mol. The van der Waals surface area contributed by atoms with Crippen molar-refractivity contribution < 1.29 is 14.6 Å². The summed E-state index contributed by atoms with van der Waals surface area (Å²) in [7, 11) is 0. The molecule has 2 atom stereocenters. The minimum atomic E-state index is -0.555. The summed E-state index contributed by atoms with van der Waals surface area (Å²) >= 11 is 0. The zero-order valence-electron chi connectivity index (χ0n) is 8.54. The van der Waals surface area contributed by atoms with Crippen LogP contribution in [-0.2, 0) is 9.47 Å². The van der Waals surface area contributed by atoms with Crippen LogP contribution in [0.25, 0.3) is 0 Å². The molecule has 1 N–H and O–H groups in total. The lowest BCUT2D eigenvalue weighted by Gasteiger charge is -2.20. The Balaban J connectivity index is 2.42. The van der Waals surface area contributed by atoms with Gasteiger partial charge in [-0.15, -0.1) is 6.58 Å². The van der Waals surface area contributed by atoms with Crippen LogP contribution in [0.1, 0.15) is 27.2 Å². The van der Waals surface area contributed by atoms with E-state index in [0.29, 0.717) is 13.0 Å². The molecule has 76 valence electrons. The SMILES string of the molecule is C=C(C)C[C@H](O)[C@H]1COC(C)(C)O1. The Hall–Kier alpha value is -0.380. The minimum Gasteiger partial charge on any atom is -0.390 e. The molecule has 1 fully saturated rings. The Morgan fingerprint density at radius 3 is 2.69 bits per heavy atom. The first kappa shape index (κ1) is 10.7. The molecule has 1 heterocycles. The van der Waals surface area contributed by atoms with Crippen LogP contribution < -0.4 is 0 Å². The molecule has 0 aliphatic carbocycles. The molecule has 0 radical (unpaired) electrons. The summed E-state index contributed by atoms with van der Waals surface area (Å²) in [6, 6.07) is 0. The fraction of sp³-hybridized carbons (Fsp3) is 0.800. The van der Waals surface area contributed by atoms with Gasteiger partial charge < -0.3 is 14.6 Å². The first-order chi connectivity index (χ1) is 5.91. The smallest absolute Gasteiger partial charge is 0.163 e. The minimum absolute atomic E-state index is 0.216. The Kier molecular flexibility index (Phi) is 3.11. The first-order valence-electron chi connectivity index (χ1n) is 4.55. The largest absolute Gasteiger partial charge is 0.390 e. The Morgan fingerprint density at radius 2 is 2.31 bits per heavy atom. The van der Waals surface area contributed by atoms with Crippen molar-refractivity contribution in [1.29, 1.82) is 0 Å². The number of rotatable bonds is 3. The summed E-state index contributed by atoms with van der Waals surface area (Å²) in [4.78, 5) is 0. The fourth-order valence-electron chi connectivity index (χ4n) is 1.39. The van der Waals surface area contributed by atoms with Gasteiger partial charge in [-0.25, -0.2) is 0 Å². The van der Waals surface area contributed by atoms with Crippen LogP contribution in [0.3, 0.4) is 0 Å². The topological polar surface area (TPSA) is 38.7 Å². The lowest BCUT2D eigenvalue weighted by Crippen LogP contribution is -2.30. The molecule has 1 aliphatic heterocycles. The highest BCUT2D eigenvalue weighted by atomic mass is 16.7. The molecule has 0 saturated carbocycles. The third-order valence-corrected chi connectivity index (χ3v) is 2.02. The summed E-state index contributed by atoms with van der Waals surface area (Å²) in [5, 5.41) is 9.69. The van der Waals surface area contributed by atoms with Crippen molar-refractivity contribution in [2.24, 2.45) is 0 Å². The van der Waals surface area contributed by atoms with E-state index in [1.54, 1.807) is 0 Å². The van der Waals surface area contributed by atoms with Gasteiger partial charge in [-0.1, -0.05) is 5.57 Å². The van der Waals surface area contributed by atoms with Crippen molar-refractivity contribution in [3.8, 4) is 0 Å². The van der Waals surface area contributed by atoms with Crippen LogP contribution in [0, 0.1) is 0 Å². The quantitative estimate of drug-likeness (QED) is 0.678. The Bertz CT molecular complexity index is 198. The maximum atomic E-state index is 9.69. The van der Waals surface area contributed by atoms with E-state index in [1.165, 1.54) is 0 Å². The van der Waals surface area contributed by atoms with Crippen LogP contribution >= 0.6 is 0 Å². The van der Waals surface area contributed by atoms with Crippen molar-refractivity contribution in [2.75, 3.05) is 6.61 Å². The molecule has 13 heavy (non-hydrogen) atoms. The third-order valence-electron chi connectivity index (χ3n) is 2.02. The monoisotopic (exact) mass is 186 g/mol. The molecular formula is C10H18O3. The molecule has 0 aromatic heterocycles. The van der Waals surface area contributed by atoms with Crippen molar-refractivity contribution in [3.05, 3.63) is 12.2 Å². The zero-order valence-corrected chi connectivity index (χ0v) is 8.54. The molecule has 0 unspecified atom stereocenters. The molecule has 3 heteroatoms. The Morgan fingerprint density at radius 1 is 1.69 bits per heavy atom. The maximum absolute atomic E-state index is 9.69. The lowest BCUT2D eigenvalue weighted by molar-refractivity contribution is -0.150. The van der Waals surface area contributed by atoms with Gasteiger partial charge in [-0.3, -0.25) is 0 Å². The van der Waals surface area contributed by atoms with Gasteiger partial charge >= 0.3 is 0 Å². The summed E-state index contributed by atoms with van der Waals surface area (Å²) in [5.41, 5.74) is 0.959. The number of aliphatic hydroxyl groups is 1. The van der Waals surface area contributed by atoms with E-state index in [2.05, 4.69) is 6.58 Å². The van der Waals surface area contributed by atoms with Gasteiger partial charge in [0.2, 0.25) is 0 Å². The molecule has 0 amide bonds. The van der Waals surface area contributed by atoms with Crippen LogP contribution in [0.4, 0.5) is 0 Å². The van der Waals surface area contributed by atoms with Crippen LogP contribution in [0.2, 0.25) is 0 Å². The highest BCUT2D eigenvalue weighted by molar-refractivity contribution is 4.93. The van der Waals surface area contributed by atoms with E-state index >= 15 is 0 Å². The van der Waals surface area contributed by atoms with Gasteiger partial charge in [0.15, 0.2) is 5.79 Å². The molecule has 0 spiro atoms. The van der Waals surface area contributed by atoms with E-state index in [9.17, 15) is 5.11 Å². The van der Waals surface area contributed by atoms with Gasteiger partial charge in [-0.2, -0.15) is 0 Å². The first-order valence-corrected chi connectivity index (χ1v) is 4.55. The average molecular weight is 186 g/mol. The number of hydrogen-bond acceptors (Lipinski definition) is 3. The van der Waals surface area contributed by atoms with Gasteiger partial charge in [0.05, 0.1) is 12.7 Å². The van der Waals surface area contributed by atoms with E-state index in [1.807, 2.05) is 20.8 Å². The standard InChI is InChI=1S/C10H18O3/c1-7(2)5-8(11)9-6-12-10(3,4)13-9/h8-9,11H,1,5-6H2,2-4H3/t8-,9+/m0/s1. The van der Waals surface area contributed by atoms with E-state index < -0.39 is 11.9 Å². The molecule has 1 aliphatic rings. The number of ether oxygens (including phenoxy) is 2. The molecule has 0 aromatic rings. The molecule has 0 bridgehead atoms. The van der Waals surface area contributed by atoms with E-state index in [0.717, 1.165) is 5.57 Å². The second kappa shape index (κ2) is 3.78. The van der Waals surface area contributed by atoms with Crippen LogP contribution in [0.15, 0.2) is 12.2 Å². The fourth-order valence-corrected chi connectivity index (χ4v) is 1.39. The van der Waals surface area contributed by atoms with Crippen molar-refractivity contribution in [2.45, 2.75) is 45.2 Å². The summed E-state index contributed by atoms with van der Waals surface area (Å²) < 4.78 is 10.8. The highest BCUT2D eigenvalue weighted by Crippen LogP contribution is 2.25. The van der Waals surface area contributed by atoms with E-state index in [-0.39, 0.29) is 6.10 Å². The second-order valence-corrected chi connectivity index (χ2v) is 4.10. The number of aliphatic hydroxyl groups excluding tert-OH is 1. The third kappa shape index (κ3) is 3.10. The van der Waals surface area contributed by atoms with Gasteiger partial charge in [0.1, 0.15) is 6.10 Å². The second-order valence-electron chi connectivity index (χ2n) is 4.10. The summed E-state index contributed by atoms with van der Waals surface area (Å²) in [5.74, 6) is -0.555. The van der Waals surface area contributed by atoms with Crippen molar-refractivity contribution >= 4 is 0 Å². The average Bonchev–Trinajstić information content (AvgIpc) is 2.28. The van der Waals surface area contributed by atoms with Crippen LogP contribution in [-0.4, -0.2) is 29.7 Å². The summed E-state index contributed by atoms with van der Waals surface area (Å²) in [6.45, 7) is 9.79. The predicted octanol–water partition coefficient (Wildman–Crippen LogP) is 1.46.